The van der Waals surface area contributed by atoms with E-state index in [1.165, 1.54) is 0 Å². The number of halogens is 3. The first-order chi connectivity index (χ1) is 13.6. The first-order valence-electron chi connectivity index (χ1n) is 9.17. The van der Waals surface area contributed by atoms with Crippen molar-refractivity contribution in [3.8, 4) is 11.5 Å². The van der Waals surface area contributed by atoms with Gasteiger partial charge in [-0.05, 0) is 63.6 Å². The lowest BCUT2D eigenvalue weighted by atomic mass is 10.1. The van der Waals surface area contributed by atoms with E-state index < -0.39 is 0 Å². The van der Waals surface area contributed by atoms with Gasteiger partial charge >= 0.3 is 0 Å². The van der Waals surface area contributed by atoms with E-state index in [1.54, 1.807) is 18.2 Å². The summed E-state index contributed by atoms with van der Waals surface area (Å²) < 4.78 is 11.3. The first-order valence-corrected chi connectivity index (χ1v) is 10.3. The Kier molecular flexibility index (Phi) is 8.32. The lowest BCUT2D eigenvalue weighted by Crippen LogP contribution is -2.43. The van der Waals surface area contributed by atoms with Gasteiger partial charge in [0.05, 0.1) is 21.7 Å². The highest BCUT2D eigenvalue weighted by molar-refractivity contribution is 6.42. The minimum Gasteiger partial charge on any atom is -0.490 e. The average molecular weight is 460 g/mol. The van der Waals surface area contributed by atoms with Crippen molar-refractivity contribution in [1.82, 2.24) is 5.32 Å². The van der Waals surface area contributed by atoms with Crippen LogP contribution in [0.5, 0.6) is 11.5 Å². The molecular formula is C21H25Cl3N2O3. The fraction of sp³-hybridized carbons (Fsp3) is 0.381. The van der Waals surface area contributed by atoms with Crippen LogP contribution in [0.1, 0.15) is 33.3 Å². The topological polar surface area (TPSA) is 59.6 Å². The van der Waals surface area contributed by atoms with E-state index >= 15 is 0 Å². The maximum atomic E-state index is 12.0. The molecule has 0 bridgehead atoms. The van der Waals surface area contributed by atoms with Gasteiger partial charge < -0.3 is 20.1 Å². The summed E-state index contributed by atoms with van der Waals surface area (Å²) in [7, 11) is 0. The number of hydrogen-bond acceptors (Lipinski definition) is 4. The van der Waals surface area contributed by atoms with Crippen LogP contribution < -0.4 is 20.1 Å². The van der Waals surface area contributed by atoms with Crippen LogP contribution in [0.2, 0.25) is 15.1 Å². The number of carbonyl (C=O) groups is 1. The molecule has 0 heterocycles. The third-order valence-corrected chi connectivity index (χ3v) is 4.67. The summed E-state index contributed by atoms with van der Waals surface area (Å²) in [6.07, 6.45) is 0. The molecule has 0 radical (unpaired) electrons. The van der Waals surface area contributed by atoms with Crippen molar-refractivity contribution < 1.29 is 14.3 Å². The van der Waals surface area contributed by atoms with Crippen LogP contribution in [0.25, 0.3) is 0 Å². The SMILES string of the molecule is CCOc1cc(CNc2ccc(Cl)c(Cl)c2)cc(Cl)c1OCC(=O)NC(C)(C)C. The van der Waals surface area contributed by atoms with Crippen molar-refractivity contribution in [1.29, 1.82) is 0 Å². The van der Waals surface area contributed by atoms with Crippen molar-refractivity contribution in [3.05, 3.63) is 51.0 Å². The summed E-state index contributed by atoms with van der Waals surface area (Å²) in [4.78, 5) is 12.0. The van der Waals surface area contributed by atoms with E-state index in [-0.39, 0.29) is 18.1 Å². The summed E-state index contributed by atoms with van der Waals surface area (Å²) in [6, 6.07) is 8.91. The smallest absolute Gasteiger partial charge is 0.258 e. The normalized spacial score (nSPS) is 11.1. The number of carbonyl (C=O) groups excluding carboxylic acids is 1. The maximum Gasteiger partial charge on any atom is 0.258 e. The molecule has 1 amide bonds. The highest BCUT2D eigenvalue weighted by Crippen LogP contribution is 2.37. The van der Waals surface area contributed by atoms with Gasteiger partial charge in [0, 0.05) is 17.8 Å². The van der Waals surface area contributed by atoms with Crippen molar-refractivity contribution >= 4 is 46.4 Å². The van der Waals surface area contributed by atoms with E-state index in [9.17, 15) is 4.79 Å². The minimum atomic E-state index is -0.340. The molecule has 2 N–H and O–H groups in total. The predicted molar refractivity (Wildman–Crippen MR) is 120 cm³/mol. The Morgan fingerprint density at radius 2 is 1.72 bits per heavy atom. The van der Waals surface area contributed by atoms with Crippen molar-refractivity contribution in [2.75, 3.05) is 18.5 Å². The van der Waals surface area contributed by atoms with Crippen LogP contribution in [0.4, 0.5) is 5.69 Å². The van der Waals surface area contributed by atoms with E-state index in [0.29, 0.717) is 39.7 Å². The van der Waals surface area contributed by atoms with Gasteiger partial charge in [-0.3, -0.25) is 4.79 Å². The van der Waals surface area contributed by atoms with Gasteiger partial charge in [-0.1, -0.05) is 34.8 Å². The van der Waals surface area contributed by atoms with Gasteiger partial charge in [0.1, 0.15) is 0 Å². The zero-order chi connectivity index (χ0) is 21.6. The van der Waals surface area contributed by atoms with E-state index in [4.69, 9.17) is 44.3 Å². The monoisotopic (exact) mass is 458 g/mol. The summed E-state index contributed by atoms with van der Waals surface area (Å²) in [5, 5.41) is 7.44. The van der Waals surface area contributed by atoms with Gasteiger partial charge in [-0.25, -0.2) is 0 Å². The molecule has 5 nitrogen and oxygen atoms in total. The molecule has 29 heavy (non-hydrogen) atoms. The lowest BCUT2D eigenvalue weighted by molar-refractivity contribution is -0.124. The number of anilines is 1. The molecule has 2 aromatic rings. The quantitative estimate of drug-likeness (QED) is 0.512. The molecule has 0 aliphatic carbocycles. The summed E-state index contributed by atoms with van der Waals surface area (Å²) in [6.45, 7) is 8.34. The molecule has 8 heteroatoms. The van der Waals surface area contributed by atoms with Crippen LogP contribution in [-0.4, -0.2) is 24.7 Å². The van der Waals surface area contributed by atoms with E-state index in [1.807, 2.05) is 39.8 Å². The fourth-order valence-electron chi connectivity index (χ4n) is 2.53. The predicted octanol–water partition coefficient (Wildman–Crippen LogP) is 5.95. The average Bonchev–Trinajstić information content (AvgIpc) is 2.61. The lowest BCUT2D eigenvalue weighted by Gasteiger charge is -2.21. The fourth-order valence-corrected chi connectivity index (χ4v) is 3.11. The molecule has 0 saturated heterocycles. The number of amides is 1. The Morgan fingerprint density at radius 1 is 1.00 bits per heavy atom. The molecule has 0 aromatic heterocycles. The van der Waals surface area contributed by atoms with Gasteiger partial charge in [-0.2, -0.15) is 0 Å². The standard InChI is InChI=1S/C21H25Cl3N2O3/c1-5-28-18-9-13(11-25-14-6-7-15(22)16(23)10-14)8-17(24)20(18)29-12-19(27)26-21(2,3)4/h6-10,25H,5,11-12H2,1-4H3,(H,26,27). The van der Waals surface area contributed by atoms with E-state index in [0.717, 1.165) is 11.3 Å². The second-order valence-electron chi connectivity index (χ2n) is 7.41. The summed E-state index contributed by atoms with van der Waals surface area (Å²) in [5.41, 5.74) is 1.37. The Labute approximate surface area is 186 Å². The molecular weight excluding hydrogens is 435 g/mol. The van der Waals surface area contributed by atoms with Gasteiger partial charge in [0.2, 0.25) is 0 Å². The van der Waals surface area contributed by atoms with Crippen LogP contribution >= 0.6 is 34.8 Å². The summed E-state index contributed by atoms with van der Waals surface area (Å²) in [5.74, 6) is 0.590. The number of nitrogens with one attached hydrogen (secondary N) is 2. The van der Waals surface area contributed by atoms with Crippen LogP contribution in [0.15, 0.2) is 30.3 Å². The molecule has 2 rings (SSSR count). The molecule has 0 spiro atoms. The van der Waals surface area contributed by atoms with Gasteiger partial charge in [0.15, 0.2) is 18.1 Å². The van der Waals surface area contributed by atoms with Crippen molar-refractivity contribution in [2.24, 2.45) is 0 Å². The third kappa shape index (κ3) is 7.50. The van der Waals surface area contributed by atoms with Crippen molar-refractivity contribution in [3.63, 3.8) is 0 Å². The third-order valence-electron chi connectivity index (χ3n) is 3.65. The molecule has 2 aromatic carbocycles. The van der Waals surface area contributed by atoms with E-state index in [2.05, 4.69) is 10.6 Å². The van der Waals surface area contributed by atoms with Crippen LogP contribution in [0, 0.1) is 0 Å². The number of ether oxygens (including phenoxy) is 2. The Hall–Kier alpha value is -1.82. The van der Waals surface area contributed by atoms with Gasteiger partial charge in [-0.15, -0.1) is 0 Å². The number of hydrogen-bond donors (Lipinski definition) is 2. The van der Waals surface area contributed by atoms with Crippen LogP contribution in [0.3, 0.4) is 0 Å². The highest BCUT2D eigenvalue weighted by Gasteiger charge is 2.17. The molecule has 0 aliphatic rings. The molecule has 0 aliphatic heterocycles. The zero-order valence-corrected chi connectivity index (χ0v) is 19.1. The Morgan fingerprint density at radius 3 is 2.34 bits per heavy atom. The van der Waals surface area contributed by atoms with Gasteiger partial charge in [0.25, 0.3) is 5.91 Å². The molecule has 0 saturated carbocycles. The molecule has 0 fully saturated rings. The Bertz CT molecular complexity index is 867. The summed E-state index contributed by atoms with van der Waals surface area (Å²) >= 11 is 18.4. The molecule has 0 unspecified atom stereocenters. The highest BCUT2D eigenvalue weighted by atomic mass is 35.5. The van der Waals surface area contributed by atoms with Crippen LogP contribution in [-0.2, 0) is 11.3 Å². The second-order valence-corrected chi connectivity index (χ2v) is 8.63. The first kappa shape index (κ1) is 23.5. The zero-order valence-electron chi connectivity index (χ0n) is 16.9. The second kappa shape index (κ2) is 10.3. The minimum absolute atomic E-state index is 0.155. The molecule has 0 atom stereocenters. The van der Waals surface area contributed by atoms with Crippen molar-refractivity contribution in [2.45, 2.75) is 39.8 Å². The largest absolute Gasteiger partial charge is 0.490 e. The number of rotatable bonds is 8. The molecule has 158 valence electrons. The maximum absolute atomic E-state index is 12.0. The Balaban J connectivity index is 2.11. The number of benzene rings is 2.